The van der Waals surface area contributed by atoms with Gasteiger partial charge in [0, 0.05) is 6.54 Å². The van der Waals surface area contributed by atoms with E-state index < -0.39 is 21.5 Å². The lowest BCUT2D eigenvalue weighted by molar-refractivity contribution is -0.115. The molecule has 0 unspecified atom stereocenters. The highest BCUT2D eigenvalue weighted by molar-refractivity contribution is 7.92. The molecule has 0 aliphatic rings. The maximum atomic E-state index is 12.4. The number of rotatable bonds is 5. The maximum absolute atomic E-state index is 12.4. The summed E-state index contributed by atoms with van der Waals surface area (Å²) >= 11 is 7.62. The van der Waals surface area contributed by atoms with Crippen molar-refractivity contribution in [2.24, 2.45) is 4.99 Å². The van der Waals surface area contributed by atoms with Crippen LogP contribution in [0.2, 0.25) is 5.02 Å². The fourth-order valence-electron chi connectivity index (χ4n) is 2.62. The summed E-state index contributed by atoms with van der Waals surface area (Å²) in [5, 5.41) is 0.581. The Kier molecular flexibility index (Phi) is 5.60. The Hall–Kier alpha value is -1.96. The molecule has 3 aromatic rings. The molecular formula is C18H17ClN2O3S2. The molecule has 0 aliphatic heterocycles. The molecule has 0 radical (unpaired) electrons. The minimum Gasteiger partial charge on any atom is -0.315 e. The van der Waals surface area contributed by atoms with Crippen LogP contribution in [0.4, 0.5) is 0 Å². The molecular weight excluding hydrogens is 392 g/mol. The van der Waals surface area contributed by atoms with Crippen LogP contribution in [-0.2, 0) is 21.2 Å². The van der Waals surface area contributed by atoms with Gasteiger partial charge in [-0.2, -0.15) is 4.99 Å². The van der Waals surface area contributed by atoms with Crippen LogP contribution in [0.15, 0.2) is 58.4 Å². The van der Waals surface area contributed by atoms with Crippen molar-refractivity contribution in [1.29, 1.82) is 0 Å². The zero-order chi connectivity index (χ0) is 18.7. The number of carbonyl (C=O) groups is 1. The Morgan fingerprint density at radius 2 is 1.88 bits per heavy atom. The van der Waals surface area contributed by atoms with Gasteiger partial charge in [0.1, 0.15) is 5.75 Å². The number of halogens is 1. The second kappa shape index (κ2) is 7.73. The molecule has 0 atom stereocenters. The maximum Gasteiger partial charge on any atom is 0.263 e. The van der Waals surface area contributed by atoms with Gasteiger partial charge in [-0.15, -0.1) is 0 Å². The lowest BCUT2D eigenvalue weighted by Gasteiger charge is -2.04. The zero-order valence-electron chi connectivity index (χ0n) is 14.1. The van der Waals surface area contributed by atoms with Crippen molar-refractivity contribution in [3.63, 3.8) is 0 Å². The number of nitrogens with zero attached hydrogens (tertiary/aromatic N) is 2. The van der Waals surface area contributed by atoms with Crippen molar-refractivity contribution < 1.29 is 13.2 Å². The second-order valence-corrected chi connectivity index (χ2v) is 9.11. The number of sulfone groups is 1. The van der Waals surface area contributed by atoms with Crippen LogP contribution in [0.3, 0.4) is 0 Å². The van der Waals surface area contributed by atoms with Gasteiger partial charge in [0.25, 0.3) is 5.91 Å². The average molecular weight is 409 g/mol. The summed E-state index contributed by atoms with van der Waals surface area (Å²) in [6.07, 6.45) is 0.834. The fourth-order valence-corrected chi connectivity index (χ4v) is 5.18. The molecule has 0 aliphatic carbocycles. The molecule has 26 heavy (non-hydrogen) atoms. The SMILES string of the molecule is CCCn1c(=NC(=O)CS(=O)(=O)c2ccccc2)sc2cccc(Cl)c21. The van der Waals surface area contributed by atoms with Crippen LogP contribution in [0, 0.1) is 0 Å². The van der Waals surface area contributed by atoms with E-state index in [1.54, 1.807) is 24.3 Å². The minimum atomic E-state index is -3.72. The summed E-state index contributed by atoms with van der Waals surface area (Å²) in [7, 11) is -3.72. The van der Waals surface area contributed by atoms with Crippen molar-refractivity contribution in [3.05, 3.63) is 58.4 Å². The van der Waals surface area contributed by atoms with E-state index in [9.17, 15) is 13.2 Å². The molecule has 5 nitrogen and oxygen atoms in total. The van der Waals surface area contributed by atoms with Gasteiger partial charge in [-0.3, -0.25) is 4.79 Å². The highest BCUT2D eigenvalue weighted by Crippen LogP contribution is 2.25. The number of hydrogen-bond donors (Lipinski definition) is 0. The topological polar surface area (TPSA) is 68.5 Å². The third-order valence-corrected chi connectivity index (χ3v) is 6.70. The number of amides is 1. The Labute approximate surface area is 160 Å². The number of thiazole rings is 1. The first-order valence-corrected chi connectivity index (χ1v) is 10.9. The molecule has 8 heteroatoms. The molecule has 1 amide bonds. The van der Waals surface area contributed by atoms with Gasteiger partial charge < -0.3 is 4.57 Å². The third-order valence-electron chi connectivity index (χ3n) is 3.74. The summed E-state index contributed by atoms with van der Waals surface area (Å²) in [6, 6.07) is 13.4. The molecule has 0 N–H and O–H groups in total. The van der Waals surface area contributed by atoms with E-state index in [4.69, 9.17) is 11.6 Å². The van der Waals surface area contributed by atoms with Gasteiger partial charge >= 0.3 is 0 Å². The van der Waals surface area contributed by atoms with Crippen LogP contribution in [-0.4, -0.2) is 24.6 Å². The van der Waals surface area contributed by atoms with E-state index in [2.05, 4.69) is 4.99 Å². The van der Waals surface area contributed by atoms with Crippen molar-refractivity contribution in [3.8, 4) is 0 Å². The third kappa shape index (κ3) is 3.90. The van der Waals surface area contributed by atoms with E-state index >= 15 is 0 Å². The Morgan fingerprint density at radius 1 is 1.15 bits per heavy atom. The number of para-hydroxylation sites is 1. The molecule has 2 aromatic carbocycles. The smallest absolute Gasteiger partial charge is 0.263 e. The van der Waals surface area contributed by atoms with Crippen LogP contribution in [0.1, 0.15) is 13.3 Å². The van der Waals surface area contributed by atoms with Gasteiger partial charge in [-0.05, 0) is 30.7 Å². The van der Waals surface area contributed by atoms with Crippen molar-refractivity contribution >= 4 is 48.9 Å². The molecule has 0 fully saturated rings. The quantitative estimate of drug-likeness (QED) is 0.646. The fraction of sp³-hybridized carbons (Fsp3) is 0.222. The summed E-state index contributed by atoms with van der Waals surface area (Å²) in [5.41, 5.74) is 0.818. The van der Waals surface area contributed by atoms with Crippen LogP contribution in [0.25, 0.3) is 10.2 Å². The Bertz CT molecular complexity index is 1120. The summed E-state index contributed by atoms with van der Waals surface area (Å²) in [6.45, 7) is 2.65. The number of aryl methyl sites for hydroxylation is 1. The lowest BCUT2D eigenvalue weighted by Crippen LogP contribution is -2.21. The molecule has 136 valence electrons. The predicted octanol–water partition coefficient (Wildman–Crippen LogP) is 3.67. The van der Waals surface area contributed by atoms with E-state index in [1.165, 1.54) is 23.5 Å². The van der Waals surface area contributed by atoms with Crippen molar-refractivity contribution in [2.75, 3.05) is 5.75 Å². The molecule has 3 rings (SSSR count). The van der Waals surface area contributed by atoms with Gasteiger partial charge in [-0.1, -0.05) is 54.1 Å². The predicted molar refractivity (Wildman–Crippen MR) is 104 cm³/mol. The Balaban J connectivity index is 2.01. The first-order valence-electron chi connectivity index (χ1n) is 8.05. The molecule has 1 aromatic heterocycles. The van der Waals surface area contributed by atoms with Crippen LogP contribution in [0.5, 0.6) is 0 Å². The van der Waals surface area contributed by atoms with Gasteiger partial charge in [-0.25, -0.2) is 8.42 Å². The number of carbonyl (C=O) groups excluding carboxylic acids is 1. The van der Waals surface area contributed by atoms with E-state index in [0.717, 1.165) is 16.6 Å². The standard InChI is InChI=1S/C18H17ClN2O3S2/c1-2-11-21-17-14(19)9-6-10-15(17)25-18(21)20-16(22)12-26(23,24)13-7-4-3-5-8-13/h3-10H,2,11-12H2,1H3. The zero-order valence-corrected chi connectivity index (χ0v) is 16.4. The van der Waals surface area contributed by atoms with Crippen molar-refractivity contribution in [1.82, 2.24) is 4.57 Å². The average Bonchev–Trinajstić information content (AvgIpc) is 2.94. The van der Waals surface area contributed by atoms with E-state index in [-0.39, 0.29) is 4.90 Å². The lowest BCUT2D eigenvalue weighted by atomic mass is 10.3. The summed E-state index contributed by atoms with van der Waals surface area (Å²) in [5.74, 6) is -1.35. The van der Waals surface area contributed by atoms with E-state index in [0.29, 0.717) is 16.4 Å². The number of hydrogen-bond acceptors (Lipinski definition) is 4. The number of benzene rings is 2. The van der Waals surface area contributed by atoms with Gasteiger partial charge in [0.05, 0.1) is 20.1 Å². The summed E-state index contributed by atoms with van der Waals surface area (Å²) in [4.78, 5) is 17.0. The van der Waals surface area contributed by atoms with Crippen LogP contribution >= 0.6 is 22.9 Å². The van der Waals surface area contributed by atoms with Crippen molar-refractivity contribution in [2.45, 2.75) is 24.8 Å². The first kappa shape index (κ1) is 18.8. The van der Waals surface area contributed by atoms with Crippen LogP contribution < -0.4 is 4.80 Å². The highest BCUT2D eigenvalue weighted by atomic mass is 35.5. The monoisotopic (exact) mass is 408 g/mol. The number of aromatic nitrogens is 1. The molecule has 0 saturated carbocycles. The van der Waals surface area contributed by atoms with Gasteiger partial charge in [0.2, 0.25) is 0 Å². The molecule has 1 heterocycles. The van der Waals surface area contributed by atoms with Gasteiger partial charge in [0.15, 0.2) is 14.6 Å². The number of fused-ring (bicyclic) bond motifs is 1. The first-order chi connectivity index (χ1) is 12.4. The molecule has 0 spiro atoms. The Morgan fingerprint density at radius 3 is 2.58 bits per heavy atom. The second-order valence-electron chi connectivity index (χ2n) is 5.70. The molecule has 0 saturated heterocycles. The summed E-state index contributed by atoms with van der Waals surface area (Å²) < 4.78 is 27.5. The normalized spacial score (nSPS) is 12.6. The highest BCUT2D eigenvalue weighted by Gasteiger charge is 2.19. The molecule has 0 bridgehead atoms. The minimum absolute atomic E-state index is 0.115. The largest absolute Gasteiger partial charge is 0.315 e. The van der Waals surface area contributed by atoms with E-state index in [1.807, 2.05) is 23.6 Å².